The van der Waals surface area contributed by atoms with Crippen molar-refractivity contribution in [3.63, 3.8) is 0 Å². The SMILES string of the molecule is CCOc1ccc(N(C=Nc2ccccc2)CC)c(C)c1. The summed E-state index contributed by atoms with van der Waals surface area (Å²) in [5.74, 6) is 0.912. The van der Waals surface area contributed by atoms with Crippen molar-refractivity contribution in [2.45, 2.75) is 20.8 Å². The van der Waals surface area contributed by atoms with Crippen molar-refractivity contribution in [3.05, 3.63) is 54.1 Å². The van der Waals surface area contributed by atoms with Gasteiger partial charge in [0.25, 0.3) is 0 Å². The lowest BCUT2D eigenvalue weighted by Crippen LogP contribution is -2.21. The average molecular weight is 282 g/mol. The molecule has 0 aromatic heterocycles. The number of anilines is 1. The van der Waals surface area contributed by atoms with E-state index in [-0.39, 0.29) is 0 Å². The molecule has 0 amide bonds. The molecule has 2 aromatic rings. The molecule has 0 N–H and O–H groups in total. The minimum Gasteiger partial charge on any atom is -0.494 e. The molecule has 0 fully saturated rings. The first-order valence-electron chi connectivity index (χ1n) is 7.34. The second-order valence-corrected chi connectivity index (χ2v) is 4.75. The lowest BCUT2D eigenvalue weighted by atomic mass is 10.1. The van der Waals surface area contributed by atoms with E-state index in [0.29, 0.717) is 6.61 Å². The molecule has 21 heavy (non-hydrogen) atoms. The van der Waals surface area contributed by atoms with E-state index in [4.69, 9.17) is 4.74 Å². The smallest absolute Gasteiger partial charge is 0.119 e. The molecule has 0 radical (unpaired) electrons. The van der Waals surface area contributed by atoms with E-state index in [1.165, 1.54) is 5.56 Å². The molecule has 3 heteroatoms. The summed E-state index contributed by atoms with van der Waals surface area (Å²) in [6.45, 7) is 7.76. The van der Waals surface area contributed by atoms with Gasteiger partial charge in [-0.1, -0.05) is 18.2 Å². The highest BCUT2D eigenvalue weighted by atomic mass is 16.5. The van der Waals surface area contributed by atoms with Gasteiger partial charge in [0.1, 0.15) is 5.75 Å². The van der Waals surface area contributed by atoms with E-state index in [1.54, 1.807) is 0 Å². The Morgan fingerprint density at radius 2 is 1.86 bits per heavy atom. The van der Waals surface area contributed by atoms with E-state index >= 15 is 0 Å². The third-order valence-corrected chi connectivity index (χ3v) is 3.23. The highest BCUT2D eigenvalue weighted by Crippen LogP contribution is 2.24. The van der Waals surface area contributed by atoms with Gasteiger partial charge in [-0.3, -0.25) is 0 Å². The van der Waals surface area contributed by atoms with Crippen LogP contribution in [0.2, 0.25) is 0 Å². The molecule has 0 bridgehead atoms. The van der Waals surface area contributed by atoms with Crippen molar-refractivity contribution >= 4 is 17.7 Å². The van der Waals surface area contributed by atoms with E-state index in [1.807, 2.05) is 49.7 Å². The van der Waals surface area contributed by atoms with Crippen molar-refractivity contribution in [3.8, 4) is 5.75 Å². The molecule has 0 aliphatic heterocycles. The summed E-state index contributed by atoms with van der Waals surface area (Å²) in [6, 6.07) is 16.1. The lowest BCUT2D eigenvalue weighted by molar-refractivity contribution is 0.340. The van der Waals surface area contributed by atoms with Crippen LogP contribution in [0, 0.1) is 6.92 Å². The summed E-state index contributed by atoms with van der Waals surface area (Å²) < 4.78 is 5.53. The molecule has 3 nitrogen and oxygen atoms in total. The van der Waals surface area contributed by atoms with E-state index in [9.17, 15) is 0 Å². The van der Waals surface area contributed by atoms with Crippen LogP contribution < -0.4 is 9.64 Å². The highest BCUT2D eigenvalue weighted by molar-refractivity contribution is 5.82. The molecule has 0 aliphatic carbocycles. The molecular formula is C18H22N2O. The van der Waals surface area contributed by atoms with Crippen LogP contribution in [0.4, 0.5) is 11.4 Å². The standard InChI is InChI=1S/C18H22N2O/c1-4-20(14-19-16-9-7-6-8-10-16)18-12-11-17(21-5-2)13-15(18)3/h6-14H,4-5H2,1-3H3. The molecule has 2 rings (SSSR count). The summed E-state index contributed by atoms with van der Waals surface area (Å²) in [4.78, 5) is 6.66. The van der Waals surface area contributed by atoms with Crippen LogP contribution in [0.5, 0.6) is 5.75 Å². The molecule has 0 saturated heterocycles. The minimum atomic E-state index is 0.686. The molecular weight excluding hydrogens is 260 g/mol. The third-order valence-electron chi connectivity index (χ3n) is 3.23. The predicted octanol–water partition coefficient (Wildman–Crippen LogP) is 4.58. The molecule has 110 valence electrons. The zero-order chi connectivity index (χ0) is 15.1. The maximum absolute atomic E-state index is 5.53. The van der Waals surface area contributed by atoms with Gasteiger partial charge in [-0.2, -0.15) is 0 Å². The van der Waals surface area contributed by atoms with Gasteiger partial charge in [-0.15, -0.1) is 0 Å². The Balaban J connectivity index is 2.19. The Hall–Kier alpha value is -2.29. The fourth-order valence-electron chi connectivity index (χ4n) is 2.17. The summed E-state index contributed by atoms with van der Waals surface area (Å²) in [7, 11) is 0. The van der Waals surface area contributed by atoms with E-state index < -0.39 is 0 Å². The van der Waals surface area contributed by atoms with Crippen LogP contribution in [0.15, 0.2) is 53.5 Å². The number of nitrogens with zero attached hydrogens (tertiary/aromatic N) is 2. The van der Waals surface area contributed by atoms with Gasteiger partial charge in [0.15, 0.2) is 0 Å². The molecule has 0 unspecified atom stereocenters. The summed E-state index contributed by atoms with van der Waals surface area (Å²) in [5.41, 5.74) is 3.29. The lowest BCUT2D eigenvalue weighted by Gasteiger charge is -2.20. The molecule has 0 saturated carbocycles. The monoisotopic (exact) mass is 282 g/mol. The fourth-order valence-corrected chi connectivity index (χ4v) is 2.17. The molecule has 0 heterocycles. The van der Waals surface area contributed by atoms with Gasteiger partial charge in [-0.05, 0) is 56.7 Å². The number of hydrogen-bond acceptors (Lipinski definition) is 2. The Labute approximate surface area is 126 Å². The number of hydrogen-bond donors (Lipinski definition) is 0. The maximum atomic E-state index is 5.53. The predicted molar refractivity (Wildman–Crippen MR) is 90.0 cm³/mol. The van der Waals surface area contributed by atoms with Crippen LogP contribution in [0.1, 0.15) is 19.4 Å². The van der Waals surface area contributed by atoms with Crippen molar-refractivity contribution in [1.82, 2.24) is 0 Å². The molecule has 0 spiro atoms. The largest absolute Gasteiger partial charge is 0.494 e. The van der Waals surface area contributed by atoms with Crippen LogP contribution in [-0.4, -0.2) is 19.5 Å². The number of aryl methyl sites for hydroxylation is 1. The number of para-hydroxylation sites is 1. The van der Waals surface area contributed by atoms with Crippen molar-refractivity contribution in [2.75, 3.05) is 18.1 Å². The quantitative estimate of drug-likeness (QED) is 0.572. The van der Waals surface area contributed by atoms with Crippen molar-refractivity contribution < 1.29 is 4.74 Å². The van der Waals surface area contributed by atoms with Crippen molar-refractivity contribution in [1.29, 1.82) is 0 Å². The first-order chi connectivity index (χ1) is 10.2. The molecule has 2 aromatic carbocycles. The van der Waals surface area contributed by atoms with Crippen molar-refractivity contribution in [2.24, 2.45) is 4.99 Å². The molecule has 0 atom stereocenters. The Kier molecular flexibility index (Phi) is 5.38. The third kappa shape index (κ3) is 4.09. The number of benzene rings is 2. The Morgan fingerprint density at radius 1 is 1.10 bits per heavy atom. The Morgan fingerprint density at radius 3 is 2.48 bits per heavy atom. The normalized spacial score (nSPS) is 10.8. The highest BCUT2D eigenvalue weighted by Gasteiger charge is 2.06. The second-order valence-electron chi connectivity index (χ2n) is 4.75. The van der Waals surface area contributed by atoms with Crippen LogP contribution in [0.25, 0.3) is 0 Å². The minimum absolute atomic E-state index is 0.686. The van der Waals surface area contributed by atoms with Gasteiger partial charge in [0, 0.05) is 12.2 Å². The summed E-state index contributed by atoms with van der Waals surface area (Å²) in [6.07, 6.45) is 1.89. The summed E-state index contributed by atoms with van der Waals surface area (Å²) in [5, 5.41) is 0. The van der Waals surface area contributed by atoms with Gasteiger partial charge in [-0.25, -0.2) is 4.99 Å². The molecule has 0 aliphatic rings. The van der Waals surface area contributed by atoms with Crippen LogP contribution in [0.3, 0.4) is 0 Å². The zero-order valence-corrected chi connectivity index (χ0v) is 12.9. The first kappa shape index (κ1) is 15.1. The topological polar surface area (TPSA) is 24.8 Å². The van der Waals surface area contributed by atoms with Gasteiger partial charge >= 0.3 is 0 Å². The Bertz CT molecular complexity index is 593. The van der Waals surface area contributed by atoms with E-state index in [0.717, 1.165) is 23.7 Å². The van der Waals surface area contributed by atoms with Gasteiger partial charge in [0.05, 0.1) is 18.6 Å². The number of rotatable bonds is 6. The van der Waals surface area contributed by atoms with E-state index in [2.05, 4.69) is 35.9 Å². The number of ether oxygens (including phenoxy) is 1. The first-order valence-corrected chi connectivity index (χ1v) is 7.34. The van der Waals surface area contributed by atoms with Crippen LogP contribution in [-0.2, 0) is 0 Å². The second kappa shape index (κ2) is 7.48. The summed E-state index contributed by atoms with van der Waals surface area (Å²) >= 11 is 0. The average Bonchev–Trinajstić information content (AvgIpc) is 2.51. The van der Waals surface area contributed by atoms with Crippen LogP contribution >= 0.6 is 0 Å². The fraction of sp³-hybridized carbons (Fsp3) is 0.278. The zero-order valence-electron chi connectivity index (χ0n) is 12.9. The van der Waals surface area contributed by atoms with Gasteiger partial charge < -0.3 is 9.64 Å². The van der Waals surface area contributed by atoms with Gasteiger partial charge in [0.2, 0.25) is 0 Å². The maximum Gasteiger partial charge on any atom is 0.119 e. The number of aliphatic imine (C=N–C) groups is 1.